The van der Waals surface area contributed by atoms with Crippen LogP contribution in [0.25, 0.3) is 11.2 Å². The van der Waals surface area contributed by atoms with E-state index in [1.807, 2.05) is 16.7 Å². The number of imidazole rings is 1. The van der Waals surface area contributed by atoms with Gasteiger partial charge in [0.25, 0.3) is 5.91 Å². The van der Waals surface area contributed by atoms with Gasteiger partial charge < -0.3 is 10.2 Å². The minimum absolute atomic E-state index is 0.00248. The van der Waals surface area contributed by atoms with Gasteiger partial charge in [-0.1, -0.05) is 20.8 Å². The molecule has 1 fully saturated rings. The average molecular weight is 426 g/mol. The number of aromatic amines is 1. The Balaban J connectivity index is 1.49. The number of amides is 1. The molecule has 1 amide bonds. The van der Waals surface area contributed by atoms with Crippen LogP contribution in [0.5, 0.6) is 0 Å². The van der Waals surface area contributed by atoms with Crippen molar-refractivity contribution in [2.45, 2.75) is 40.2 Å². The van der Waals surface area contributed by atoms with Gasteiger partial charge in [0.15, 0.2) is 5.65 Å². The third-order valence-electron chi connectivity index (χ3n) is 5.74. The van der Waals surface area contributed by atoms with Crippen molar-refractivity contribution in [3.63, 3.8) is 0 Å². The maximum Gasteiger partial charge on any atom is 0.330 e. The number of nitrogens with zero attached hydrogens (tertiary/aromatic N) is 5. The summed E-state index contributed by atoms with van der Waals surface area (Å²) in [4.78, 5) is 32.1. The molecule has 1 unspecified atom stereocenters. The molecule has 31 heavy (non-hydrogen) atoms. The molecular weight excluding hydrogens is 394 g/mol. The zero-order chi connectivity index (χ0) is 22.2. The van der Waals surface area contributed by atoms with Crippen LogP contribution < -0.4 is 15.9 Å². The van der Waals surface area contributed by atoms with Gasteiger partial charge in [-0.05, 0) is 42.4 Å². The largest absolute Gasteiger partial charge is 0.356 e. The molecular formula is C22H31N7O2. The predicted octanol–water partition coefficient (Wildman–Crippen LogP) is 2.15. The first kappa shape index (κ1) is 21.1. The number of carbonyl (C=O) groups is 1. The number of carbonyl (C=O) groups excluding carboxylic acids is 1. The van der Waals surface area contributed by atoms with Crippen LogP contribution in [-0.2, 0) is 13.6 Å². The topological polar surface area (TPSA) is 101 Å². The molecule has 0 saturated carbocycles. The molecule has 166 valence electrons. The lowest BCUT2D eigenvalue weighted by molar-refractivity contribution is 0.0940. The summed E-state index contributed by atoms with van der Waals surface area (Å²) in [5, 5.41) is 9.50. The van der Waals surface area contributed by atoms with Crippen molar-refractivity contribution in [2.75, 3.05) is 24.5 Å². The fourth-order valence-corrected chi connectivity index (χ4v) is 4.22. The Morgan fingerprint density at radius 2 is 2.10 bits per heavy atom. The molecule has 0 bridgehead atoms. The molecule has 9 heteroatoms. The van der Waals surface area contributed by atoms with Gasteiger partial charge in [0.2, 0.25) is 0 Å². The Morgan fingerprint density at radius 1 is 1.29 bits per heavy atom. The Bertz CT molecular complexity index is 1120. The summed E-state index contributed by atoms with van der Waals surface area (Å²) < 4.78 is 3.45. The summed E-state index contributed by atoms with van der Waals surface area (Å²) in [5.74, 6) is 1.08. The number of H-pyrrole nitrogens is 1. The van der Waals surface area contributed by atoms with E-state index in [-0.39, 0.29) is 17.0 Å². The average Bonchev–Trinajstić information content (AvgIpc) is 3.35. The molecule has 1 aliphatic rings. The molecule has 3 aromatic heterocycles. The normalized spacial score (nSPS) is 17.3. The standard InChI is InChI=1S/C22H31N7O2/c1-22(2,3)14-29-17-7-8-18(25-19(17)27(4)21(29)31)28-11-5-6-15(13-28)12-23-20(30)16-9-10-24-26-16/h7-10,15H,5-6,11-14H2,1-4H3,(H,23,30)(H,24,26). The van der Waals surface area contributed by atoms with E-state index in [1.165, 1.54) is 0 Å². The lowest BCUT2D eigenvalue weighted by atomic mass is 9.97. The first-order chi connectivity index (χ1) is 14.7. The van der Waals surface area contributed by atoms with E-state index in [0.717, 1.165) is 37.3 Å². The van der Waals surface area contributed by atoms with E-state index in [9.17, 15) is 9.59 Å². The van der Waals surface area contributed by atoms with Crippen LogP contribution in [0.1, 0.15) is 44.1 Å². The second kappa shape index (κ2) is 8.20. The zero-order valence-electron chi connectivity index (χ0n) is 18.7. The van der Waals surface area contributed by atoms with Crippen molar-refractivity contribution in [3.8, 4) is 0 Å². The van der Waals surface area contributed by atoms with Crippen LogP contribution in [0.2, 0.25) is 0 Å². The van der Waals surface area contributed by atoms with E-state index in [2.05, 4.69) is 41.2 Å². The summed E-state index contributed by atoms with van der Waals surface area (Å²) in [6.45, 7) is 9.36. The minimum atomic E-state index is -0.135. The number of hydrogen-bond donors (Lipinski definition) is 2. The molecule has 0 spiro atoms. The Kier molecular flexibility index (Phi) is 5.60. The van der Waals surface area contributed by atoms with Crippen LogP contribution >= 0.6 is 0 Å². The van der Waals surface area contributed by atoms with Crippen molar-refractivity contribution < 1.29 is 4.79 Å². The lowest BCUT2D eigenvalue weighted by Gasteiger charge is -2.33. The second-order valence-corrected chi connectivity index (χ2v) is 9.64. The molecule has 1 aliphatic heterocycles. The number of fused-ring (bicyclic) bond motifs is 1. The number of nitrogens with one attached hydrogen (secondary N) is 2. The summed E-state index contributed by atoms with van der Waals surface area (Å²) in [5.41, 5.74) is 2.01. The fourth-order valence-electron chi connectivity index (χ4n) is 4.22. The van der Waals surface area contributed by atoms with E-state index in [4.69, 9.17) is 4.98 Å². The molecule has 0 radical (unpaired) electrons. The number of anilines is 1. The van der Waals surface area contributed by atoms with Crippen LogP contribution in [0, 0.1) is 11.3 Å². The van der Waals surface area contributed by atoms with E-state index in [0.29, 0.717) is 30.3 Å². The number of piperidine rings is 1. The quantitative estimate of drug-likeness (QED) is 0.652. The van der Waals surface area contributed by atoms with Crippen LogP contribution in [0.15, 0.2) is 29.2 Å². The third-order valence-corrected chi connectivity index (χ3v) is 5.74. The predicted molar refractivity (Wildman–Crippen MR) is 120 cm³/mol. The van der Waals surface area contributed by atoms with Gasteiger partial charge in [0.1, 0.15) is 11.5 Å². The highest BCUT2D eigenvalue weighted by molar-refractivity contribution is 5.92. The summed E-state index contributed by atoms with van der Waals surface area (Å²) in [6, 6.07) is 5.68. The second-order valence-electron chi connectivity index (χ2n) is 9.64. The maximum atomic E-state index is 12.8. The number of aromatic nitrogens is 5. The van der Waals surface area contributed by atoms with Crippen molar-refractivity contribution in [1.82, 2.24) is 29.6 Å². The molecule has 1 saturated heterocycles. The number of aryl methyl sites for hydroxylation is 1. The highest BCUT2D eigenvalue weighted by Crippen LogP contribution is 2.25. The first-order valence-corrected chi connectivity index (χ1v) is 10.8. The maximum absolute atomic E-state index is 12.8. The Hall–Kier alpha value is -3.10. The minimum Gasteiger partial charge on any atom is -0.356 e. The smallest absolute Gasteiger partial charge is 0.330 e. The van der Waals surface area contributed by atoms with E-state index >= 15 is 0 Å². The van der Waals surface area contributed by atoms with E-state index in [1.54, 1.807) is 23.9 Å². The van der Waals surface area contributed by atoms with Gasteiger partial charge in [-0.25, -0.2) is 9.78 Å². The molecule has 2 N–H and O–H groups in total. The number of rotatable bonds is 5. The molecule has 9 nitrogen and oxygen atoms in total. The first-order valence-electron chi connectivity index (χ1n) is 10.8. The SMILES string of the molecule is Cn1c(=O)n(CC(C)(C)C)c2ccc(N3CCCC(CNC(=O)c4ccn[nH]4)C3)nc21. The molecule has 1 atom stereocenters. The molecule has 4 rings (SSSR count). The molecule has 3 aromatic rings. The van der Waals surface area contributed by atoms with Gasteiger partial charge in [-0.2, -0.15) is 5.10 Å². The number of pyridine rings is 1. The number of hydrogen-bond acceptors (Lipinski definition) is 5. The van der Waals surface area contributed by atoms with Gasteiger partial charge >= 0.3 is 5.69 Å². The molecule has 4 heterocycles. The van der Waals surface area contributed by atoms with Crippen molar-refractivity contribution in [3.05, 3.63) is 40.6 Å². The van der Waals surface area contributed by atoms with Gasteiger partial charge in [0, 0.05) is 39.4 Å². The Morgan fingerprint density at radius 3 is 2.81 bits per heavy atom. The molecule has 0 aliphatic carbocycles. The van der Waals surface area contributed by atoms with Gasteiger partial charge in [-0.15, -0.1) is 0 Å². The highest BCUT2D eigenvalue weighted by Gasteiger charge is 2.24. The van der Waals surface area contributed by atoms with Crippen LogP contribution in [-0.4, -0.2) is 49.9 Å². The zero-order valence-corrected chi connectivity index (χ0v) is 18.7. The fraction of sp³-hybridized carbons (Fsp3) is 0.545. The van der Waals surface area contributed by atoms with E-state index < -0.39 is 0 Å². The monoisotopic (exact) mass is 425 g/mol. The van der Waals surface area contributed by atoms with Gasteiger partial charge in [-0.3, -0.25) is 19.0 Å². The van der Waals surface area contributed by atoms with Crippen molar-refractivity contribution >= 4 is 22.9 Å². The van der Waals surface area contributed by atoms with Crippen LogP contribution in [0.4, 0.5) is 5.82 Å². The van der Waals surface area contributed by atoms with Gasteiger partial charge in [0.05, 0.1) is 5.52 Å². The Labute approximate surface area is 181 Å². The lowest BCUT2D eigenvalue weighted by Crippen LogP contribution is -2.41. The molecule has 0 aromatic carbocycles. The van der Waals surface area contributed by atoms with Crippen molar-refractivity contribution in [2.24, 2.45) is 18.4 Å². The summed E-state index contributed by atoms with van der Waals surface area (Å²) >= 11 is 0. The van der Waals surface area contributed by atoms with Crippen LogP contribution in [0.3, 0.4) is 0 Å². The van der Waals surface area contributed by atoms with Crippen molar-refractivity contribution in [1.29, 1.82) is 0 Å². The summed E-state index contributed by atoms with van der Waals surface area (Å²) in [6.07, 6.45) is 3.66. The highest BCUT2D eigenvalue weighted by atomic mass is 16.2. The third kappa shape index (κ3) is 4.50. The summed E-state index contributed by atoms with van der Waals surface area (Å²) in [7, 11) is 1.78.